The molecule has 6 nitrogen and oxygen atoms in total. The van der Waals surface area contributed by atoms with E-state index in [0.717, 1.165) is 15.8 Å². The SMILES string of the molecule is Cc1noc(C=Cc2ccc(OC(C)C)c(Br)c2)c1[N+](=O)[O-]. The molecule has 1 aromatic heterocycles. The number of aryl methyl sites for hydroxylation is 1. The summed E-state index contributed by atoms with van der Waals surface area (Å²) < 4.78 is 11.4. The lowest BCUT2D eigenvalue weighted by molar-refractivity contribution is -0.386. The highest BCUT2D eigenvalue weighted by Gasteiger charge is 2.21. The number of hydrogen-bond acceptors (Lipinski definition) is 5. The molecule has 0 amide bonds. The molecule has 116 valence electrons. The van der Waals surface area contributed by atoms with Crippen molar-refractivity contribution < 1.29 is 14.2 Å². The molecule has 0 aliphatic carbocycles. The van der Waals surface area contributed by atoms with Gasteiger partial charge in [0.25, 0.3) is 0 Å². The number of rotatable bonds is 5. The predicted octanol–water partition coefficient (Wildman–Crippen LogP) is 4.61. The third-order valence-corrected chi connectivity index (χ3v) is 3.41. The van der Waals surface area contributed by atoms with E-state index in [1.54, 1.807) is 6.08 Å². The van der Waals surface area contributed by atoms with Gasteiger partial charge in [-0.05, 0) is 60.5 Å². The molecular formula is C15H15BrN2O4. The molecule has 2 aromatic rings. The van der Waals surface area contributed by atoms with E-state index in [4.69, 9.17) is 9.26 Å². The van der Waals surface area contributed by atoms with E-state index in [0.29, 0.717) is 0 Å². The molecule has 0 aliphatic rings. The Balaban J connectivity index is 2.24. The highest BCUT2D eigenvalue weighted by molar-refractivity contribution is 9.10. The fourth-order valence-corrected chi connectivity index (χ4v) is 2.35. The molecule has 0 unspecified atom stereocenters. The van der Waals surface area contributed by atoms with Crippen molar-refractivity contribution in [3.05, 3.63) is 49.8 Å². The zero-order chi connectivity index (χ0) is 16.3. The van der Waals surface area contributed by atoms with Crippen molar-refractivity contribution in [2.75, 3.05) is 0 Å². The van der Waals surface area contributed by atoms with Crippen molar-refractivity contribution in [2.24, 2.45) is 0 Å². The molecule has 0 saturated carbocycles. The lowest BCUT2D eigenvalue weighted by atomic mass is 10.2. The third-order valence-electron chi connectivity index (χ3n) is 2.79. The molecule has 0 radical (unpaired) electrons. The third kappa shape index (κ3) is 3.73. The average Bonchev–Trinajstić information content (AvgIpc) is 2.80. The first kappa shape index (κ1) is 16.2. The molecule has 0 saturated heterocycles. The summed E-state index contributed by atoms with van der Waals surface area (Å²) in [6.45, 7) is 5.44. The van der Waals surface area contributed by atoms with Gasteiger partial charge in [-0.1, -0.05) is 17.3 Å². The van der Waals surface area contributed by atoms with Crippen molar-refractivity contribution >= 4 is 33.8 Å². The Labute approximate surface area is 136 Å². The fourth-order valence-electron chi connectivity index (χ4n) is 1.86. The Morgan fingerprint density at radius 3 is 2.73 bits per heavy atom. The normalized spacial score (nSPS) is 11.3. The van der Waals surface area contributed by atoms with Gasteiger partial charge < -0.3 is 9.26 Å². The van der Waals surface area contributed by atoms with E-state index in [1.807, 2.05) is 32.0 Å². The summed E-state index contributed by atoms with van der Waals surface area (Å²) in [5, 5.41) is 14.6. The molecule has 1 aromatic carbocycles. The average molecular weight is 367 g/mol. The topological polar surface area (TPSA) is 78.4 Å². The number of benzene rings is 1. The second-order valence-electron chi connectivity index (χ2n) is 4.93. The van der Waals surface area contributed by atoms with E-state index >= 15 is 0 Å². The molecule has 0 aliphatic heterocycles. The van der Waals surface area contributed by atoms with E-state index in [1.165, 1.54) is 13.0 Å². The van der Waals surface area contributed by atoms with Crippen LogP contribution in [-0.2, 0) is 0 Å². The summed E-state index contributed by atoms with van der Waals surface area (Å²) in [6.07, 6.45) is 3.33. The number of aromatic nitrogens is 1. The predicted molar refractivity (Wildman–Crippen MR) is 86.7 cm³/mol. The summed E-state index contributed by atoms with van der Waals surface area (Å²) in [5.74, 6) is 0.870. The molecule has 7 heteroatoms. The Hall–Kier alpha value is -2.15. The van der Waals surface area contributed by atoms with Crippen molar-refractivity contribution in [3.8, 4) is 5.75 Å². The van der Waals surface area contributed by atoms with Gasteiger partial charge in [-0.15, -0.1) is 0 Å². The molecule has 0 spiro atoms. The number of ether oxygens (including phenoxy) is 1. The minimum absolute atomic E-state index is 0.0810. The number of nitro groups is 1. The zero-order valence-corrected chi connectivity index (χ0v) is 14.0. The van der Waals surface area contributed by atoms with Crippen molar-refractivity contribution in [1.82, 2.24) is 5.16 Å². The molecular weight excluding hydrogens is 352 g/mol. The van der Waals surface area contributed by atoms with Gasteiger partial charge >= 0.3 is 5.69 Å². The van der Waals surface area contributed by atoms with Gasteiger partial charge in [0, 0.05) is 0 Å². The highest BCUT2D eigenvalue weighted by atomic mass is 79.9. The van der Waals surface area contributed by atoms with Crippen LogP contribution in [0.15, 0.2) is 27.2 Å². The van der Waals surface area contributed by atoms with Gasteiger partial charge in [-0.3, -0.25) is 10.1 Å². The van der Waals surface area contributed by atoms with Crippen LogP contribution in [0.25, 0.3) is 12.2 Å². The maximum atomic E-state index is 11.0. The van der Waals surface area contributed by atoms with Crippen LogP contribution in [0, 0.1) is 17.0 Å². The Bertz CT molecular complexity index is 722. The van der Waals surface area contributed by atoms with Crippen LogP contribution in [0.3, 0.4) is 0 Å². The van der Waals surface area contributed by atoms with Crippen LogP contribution in [0.1, 0.15) is 30.9 Å². The molecule has 22 heavy (non-hydrogen) atoms. The zero-order valence-electron chi connectivity index (χ0n) is 12.4. The minimum atomic E-state index is -0.499. The maximum Gasteiger partial charge on any atom is 0.338 e. The Morgan fingerprint density at radius 1 is 1.41 bits per heavy atom. The number of hydrogen-bond donors (Lipinski definition) is 0. The quantitative estimate of drug-likeness (QED) is 0.570. The number of halogens is 1. The highest BCUT2D eigenvalue weighted by Crippen LogP contribution is 2.29. The standard InChI is InChI=1S/C15H15BrN2O4/c1-9(2)21-13-6-4-11(8-12(13)16)5-7-14-15(18(19)20)10(3)17-22-14/h4-9H,1-3H3. The number of nitrogens with zero attached hydrogens (tertiary/aromatic N) is 2. The summed E-state index contributed by atoms with van der Waals surface area (Å²) in [4.78, 5) is 10.5. The smallest absolute Gasteiger partial charge is 0.338 e. The molecule has 0 bridgehead atoms. The van der Waals surface area contributed by atoms with Crippen LogP contribution in [-0.4, -0.2) is 16.2 Å². The maximum absolute atomic E-state index is 11.0. The largest absolute Gasteiger partial charge is 0.490 e. The monoisotopic (exact) mass is 366 g/mol. The van der Waals surface area contributed by atoms with Crippen molar-refractivity contribution in [1.29, 1.82) is 0 Å². The molecule has 0 fully saturated rings. The fraction of sp³-hybridized carbons (Fsp3) is 0.267. The van der Waals surface area contributed by atoms with E-state index in [2.05, 4.69) is 21.1 Å². The second-order valence-corrected chi connectivity index (χ2v) is 5.78. The summed E-state index contributed by atoms with van der Waals surface area (Å²) >= 11 is 3.44. The lowest BCUT2D eigenvalue weighted by Crippen LogP contribution is -2.05. The van der Waals surface area contributed by atoms with Gasteiger partial charge in [0.2, 0.25) is 5.76 Å². The first-order valence-corrected chi connectivity index (χ1v) is 7.42. The van der Waals surface area contributed by atoms with Gasteiger partial charge in [0.15, 0.2) is 5.69 Å². The molecule has 0 N–H and O–H groups in total. The van der Waals surface area contributed by atoms with Crippen molar-refractivity contribution in [3.63, 3.8) is 0 Å². The molecule has 2 rings (SSSR count). The summed E-state index contributed by atoms with van der Waals surface area (Å²) in [6, 6.07) is 5.56. The Morgan fingerprint density at radius 2 is 2.14 bits per heavy atom. The van der Waals surface area contributed by atoms with Gasteiger partial charge in [0.1, 0.15) is 5.75 Å². The molecule has 0 atom stereocenters. The van der Waals surface area contributed by atoms with E-state index < -0.39 is 4.92 Å². The minimum Gasteiger partial charge on any atom is -0.490 e. The second kappa shape index (κ2) is 6.74. The van der Waals surface area contributed by atoms with E-state index in [9.17, 15) is 10.1 Å². The lowest BCUT2D eigenvalue weighted by Gasteiger charge is -2.11. The summed E-state index contributed by atoms with van der Waals surface area (Å²) in [5.41, 5.74) is 0.993. The van der Waals surface area contributed by atoms with Crippen LogP contribution in [0.4, 0.5) is 5.69 Å². The van der Waals surface area contributed by atoms with Crippen LogP contribution in [0.5, 0.6) is 5.75 Å². The van der Waals surface area contributed by atoms with Gasteiger partial charge in [0.05, 0.1) is 15.5 Å². The Kier molecular flexibility index (Phi) is 4.97. The van der Waals surface area contributed by atoms with Gasteiger partial charge in [-0.2, -0.15) is 0 Å². The van der Waals surface area contributed by atoms with Crippen LogP contribution < -0.4 is 4.74 Å². The summed E-state index contributed by atoms with van der Waals surface area (Å²) in [7, 11) is 0. The first-order valence-electron chi connectivity index (χ1n) is 6.63. The van der Waals surface area contributed by atoms with Crippen LogP contribution in [0.2, 0.25) is 0 Å². The van der Waals surface area contributed by atoms with Gasteiger partial charge in [-0.25, -0.2) is 0 Å². The molecule has 1 heterocycles. The van der Waals surface area contributed by atoms with Crippen molar-refractivity contribution in [2.45, 2.75) is 26.9 Å². The first-order chi connectivity index (χ1) is 10.4. The van der Waals surface area contributed by atoms with Crippen LogP contribution >= 0.6 is 15.9 Å². The van der Waals surface area contributed by atoms with E-state index in [-0.39, 0.29) is 23.2 Å².